The summed E-state index contributed by atoms with van der Waals surface area (Å²) in [6.45, 7) is 13.5. The van der Waals surface area contributed by atoms with Gasteiger partial charge in [0, 0.05) is 5.41 Å². The Labute approximate surface area is 90.2 Å². The molecule has 0 fully saturated rings. The molecule has 0 atom stereocenters. The number of halogens is 1. The molecule has 76 valence electrons. The summed E-state index contributed by atoms with van der Waals surface area (Å²) < 4.78 is 0. The molecule has 0 unspecified atom stereocenters. The van der Waals surface area contributed by atoms with Gasteiger partial charge in [0.05, 0.1) is 0 Å². The Hall–Kier alpha value is -0.0131. The summed E-state index contributed by atoms with van der Waals surface area (Å²) >= 11 is 4.78. The molecule has 1 aliphatic carbocycles. The fourth-order valence-electron chi connectivity index (χ4n) is 1.78. The molecule has 0 nitrogen and oxygen atoms in total. The smallest absolute Gasteiger partial charge is 0.109 e. The molecule has 0 aromatic rings. The Morgan fingerprint density at radius 1 is 0.846 bits per heavy atom. The van der Waals surface area contributed by atoms with Crippen LogP contribution in [0.25, 0.3) is 0 Å². The molecule has 0 bridgehead atoms. The lowest BCUT2D eigenvalue weighted by Crippen LogP contribution is -2.11. The van der Waals surface area contributed by atoms with E-state index in [1.54, 1.807) is 0 Å². The lowest BCUT2D eigenvalue weighted by atomic mass is 9.82. The number of hydrogen-bond donors (Lipinski definition) is 0. The average molecular weight is 217 g/mol. The molecule has 0 spiro atoms. The zero-order valence-electron chi connectivity index (χ0n) is 9.88. The monoisotopic (exact) mass is 216 g/mol. The van der Waals surface area contributed by atoms with Crippen LogP contribution < -0.4 is 0 Å². The van der Waals surface area contributed by atoms with Gasteiger partial charge in [0.2, 0.25) is 0 Å². The quantitative estimate of drug-likeness (QED) is 0.431. The van der Waals surface area contributed by atoms with E-state index in [0.29, 0.717) is 5.41 Å². The molecule has 0 aromatic carbocycles. The standard InChI is InChI=1S/C11H18.ClH3Si/c1-7-8(2)10(4)11(5,6)9(7)3;1-2/h1-6H3;2H3. The fraction of sp³-hybridized carbons (Fsp3) is 0.636. The van der Waals surface area contributed by atoms with Crippen LogP contribution in [-0.2, 0) is 0 Å². The van der Waals surface area contributed by atoms with Crippen LogP contribution in [0.3, 0.4) is 0 Å². The van der Waals surface area contributed by atoms with Crippen molar-refractivity contribution in [3.05, 3.63) is 22.3 Å². The lowest BCUT2D eigenvalue weighted by Gasteiger charge is -2.22. The highest BCUT2D eigenvalue weighted by atomic mass is 35.6. The SMILES string of the molecule is CC1=C(C)C(C)(C)C(C)=C1C.[SiH3]Cl. The van der Waals surface area contributed by atoms with Gasteiger partial charge >= 0.3 is 0 Å². The minimum absolute atomic E-state index is 0.314. The number of allylic oxidation sites excluding steroid dienone is 4. The summed E-state index contributed by atoms with van der Waals surface area (Å²) in [7, 11) is 0.778. The summed E-state index contributed by atoms with van der Waals surface area (Å²) in [5, 5.41) is 0. The van der Waals surface area contributed by atoms with Crippen LogP contribution in [0.2, 0.25) is 0 Å². The zero-order valence-corrected chi connectivity index (χ0v) is 12.6. The van der Waals surface area contributed by atoms with Crippen molar-refractivity contribution in [2.24, 2.45) is 5.41 Å². The van der Waals surface area contributed by atoms with E-state index in [1.165, 1.54) is 22.3 Å². The largest absolute Gasteiger partial charge is 0.181 e. The van der Waals surface area contributed by atoms with Crippen LogP contribution in [0.5, 0.6) is 0 Å². The van der Waals surface area contributed by atoms with Crippen molar-refractivity contribution >= 4 is 20.6 Å². The Morgan fingerprint density at radius 2 is 1.08 bits per heavy atom. The third-order valence-corrected chi connectivity index (χ3v) is 3.56. The molecule has 0 radical (unpaired) electrons. The van der Waals surface area contributed by atoms with Gasteiger partial charge < -0.3 is 0 Å². The van der Waals surface area contributed by atoms with Gasteiger partial charge in [0.25, 0.3) is 0 Å². The molecule has 1 aliphatic rings. The van der Waals surface area contributed by atoms with Gasteiger partial charge in [-0.15, -0.1) is 0 Å². The number of rotatable bonds is 0. The second-order valence-corrected chi connectivity index (χ2v) is 4.12. The Bertz CT molecular complexity index is 233. The van der Waals surface area contributed by atoms with E-state index >= 15 is 0 Å². The maximum atomic E-state index is 4.78. The normalized spacial score (nSPS) is 20.5. The second-order valence-electron chi connectivity index (χ2n) is 4.12. The second kappa shape index (κ2) is 4.47. The Morgan fingerprint density at radius 3 is 1.15 bits per heavy atom. The van der Waals surface area contributed by atoms with E-state index in [9.17, 15) is 0 Å². The van der Waals surface area contributed by atoms with Gasteiger partial charge in [0.1, 0.15) is 9.55 Å². The molecule has 0 aromatic heterocycles. The molecule has 0 amide bonds. The summed E-state index contributed by atoms with van der Waals surface area (Å²) in [5.41, 5.74) is 6.37. The van der Waals surface area contributed by atoms with Gasteiger partial charge in [-0.2, -0.15) is 11.1 Å². The van der Waals surface area contributed by atoms with Crippen molar-refractivity contribution in [2.75, 3.05) is 0 Å². The fourth-order valence-corrected chi connectivity index (χ4v) is 1.78. The van der Waals surface area contributed by atoms with Crippen LogP contribution in [0.4, 0.5) is 0 Å². The zero-order chi connectivity index (χ0) is 10.8. The first kappa shape index (κ1) is 13.0. The molecule has 1 rings (SSSR count). The maximum absolute atomic E-state index is 4.78. The third kappa shape index (κ3) is 2.08. The van der Waals surface area contributed by atoms with E-state index in [4.69, 9.17) is 11.1 Å². The van der Waals surface area contributed by atoms with Gasteiger partial charge in [-0.05, 0) is 38.8 Å². The molecule has 0 saturated carbocycles. The van der Waals surface area contributed by atoms with E-state index in [-0.39, 0.29) is 0 Å². The third-order valence-electron chi connectivity index (χ3n) is 3.56. The first-order chi connectivity index (χ1) is 5.89. The minimum Gasteiger partial charge on any atom is -0.181 e. The molecular weight excluding hydrogens is 196 g/mol. The van der Waals surface area contributed by atoms with E-state index in [0.717, 1.165) is 9.55 Å². The molecule has 0 aliphatic heterocycles. The van der Waals surface area contributed by atoms with Crippen LogP contribution in [-0.4, -0.2) is 9.55 Å². The molecule has 0 saturated heterocycles. The van der Waals surface area contributed by atoms with Crippen LogP contribution in [0.1, 0.15) is 41.5 Å². The molecular formula is C11H21ClSi. The maximum Gasteiger partial charge on any atom is 0.109 e. The highest BCUT2D eigenvalue weighted by molar-refractivity contribution is 6.80. The van der Waals surface area contributed by atoms with E-state index in [2.05, 4.69) is 41.5 Å². The summed E-state index contributed by atoms with van der Waals surface area (Å²) in [6.07, 6.45) is 0. The molecule has 0 N–H and O–H groups in total. The number of hydrogen-bond acceptors (Lipinski definition) is 0. The van der Waals surface area contributed by atoms with Gasteiger partial charge in [-0.25, -0.2) is 0 Å². The summed E-state index contributed by atoms with van der Waals surface area (Å²) in [5.74, 6) is 0. The highest BCUT2D eigenvalue weighted by Gasteiger charge is 2.30. The predicted molar refractivity (Wildman–Crippen MR) is 66.3 cm³/mol. The van der Waals surface area contributed by atoms with Crippen molar-refractivity contribution in [1.82, 2.24) is 0 Å². The van der Waals surface area contributed by atoms with Crippen molar-refractivity contribution in [1.29, 1.82) is 0 Å². The van der Waals surface area contributed by atoms with Crippen molar-refractivity contribution in [3.8, 4) is 0 Å². The first-order valence-corrected chi connectivity index (χ1v) is 7.65. The highest BCUT2D eigenvalue weighted by Crippen LogP contribution is 2.45. The van der Waals surface area contributed by atoms with Crippen LogP contribution in [0.15, 0.2) is 22.3 Å². The van der Waals surface area contributed by atoms with Crippen molar-refractivity contribution in [2.45, 2.75) is 41.5 Å². The molecule has 0 heterocycles. The van der Waals surface area contributed by atoms with Crippen LogP contribution >= 0.6 is 11.1 Å². The molecule has 2 heteroatoms. The molecule has 13 heavy (non-hydrogen) atoms. The van der Waals surface area contributed by atoms with Gasteiger partial charge in [-0.1, -0.05) is 25.0 Å². The van der Waals surface area contributed by atoms with E-state index in [1.807, 2.05) is 0 Å². The van der Waals surface area contributed by atoms with E-state index < -0.39 is 0 Å². The minimum atomic E-state index is 0.314. The average Bonchev–Trinajstić information content (AvgIpc) is 2.25. The Balaban J connectivity index is 0.000000671. The Kier molecular flexibility index (Phi) is 4.47. The van der Waals surface area contributed by atoms with Gasteiger partial charge in [0.15, 0.2) is 0 Å². The predicted octanol–water partition coefficient (Wildman–Crippen LogP) is 3.20. The van der Waals surface area contributed by atoms with Crippen molar-refractivity contribution in [3.63, 3.8) is 0 Å². The van der Waals surface area contributed by atoms with Crippen LogP contribution in [0, 0.1) is 5.41 Å². The first-order valence-electron chi connectivity index (χ1n) is 4.63. The topological polar surface area (TPSA) is 0 Å². The lowest BCUT2D eigenvalue weighted by molar-refractivity contribution is 0.547. The summed E-state index contributed by atoms with van der Waals surface area (Å²) in [6, 6.07) is 0. The summed E-state index contributed by atoms with van der Waals surface area (Å²) in [4.78, 5) is 0. The van der Waals surface area contributed by atoms with Gasteiger partial charge in [-0.3, -0.25) is 0 Å². The van der Waals surface area contributed by atoms with Crippen molar-refractivity contribution < 1.29 is 0 Å².